The fourth-order valence-electron chi connectivity index (χ4n) is 3.52. The van der Waals surface area contributed by atoms with Crippen LogP contribution >= 0.6 is 0 Å². The first-order valence-corrected chi connectivity index (χ1v) is 9.11. The third-order valence-electron chi connectivity index (χ3n) is 4.95. The summed E-state index contributed by atoms with van der Waals surface area (Å²) < 4.78 is 0. The molecule has 1 aliphatic heterocycles. The lowest BCUT2D eigenvalue weighted by Crippen LogP contribution is -2.42. The van der Waals surface area contributed by atoms with E-state index >= 15 is 0 Å². The summed E-state index contributed by atoms with van der Waals surface area (Å²) in [5.41, 5.74) is 2.81. The SMILES string of the molecule is C=CC(=O)N1C[C@H](c2ccccc2)C[C@H]1C(=O)Nc1ccc(CCO)cc1. The van der Waals surface area contributed by atoms with Crippen molar-refractivity contribution in [3.63, 3.8) is 0 Å². The molecule has 1 aliphatic rings. The Morgan fingerprint density at radius 1 is 1.15 bits per heavy atom. The molecule has 1 saturated heterocycles. The van der Waals surface area contributed by atoms with Gasteiger partial charge in [0.05, 0.1) is 0 Å². The van der Waals surface area contributed by atoms with Crippen molar-refractivity contribution >= 4 is 17.5 Å². The van der Waals surface area contributed by atoms with E-state index in [-0.39, 0.29) is 24.3 Å². The van der Waals surface area contributed by atoms with E-state index in [0.717, 1.165) is 11.1 Å². The number of carbonyl (C=O) groups is 2. The van der Waals surface area contributed by atoms with Gasteiger partial charge in [-0.25, -0.2) is 0 Å². The van der Waals surface area contributed by atoms with Crippen molar-refractivity contribution in [2.75, 3.05) is 18.5 Å². The van der Waals surface area contributed by atoms with Crippen LogP contribution in [0.1, 0.15) is 23.5 Å². The first-order chi connectivity index (χ1) is 13.1. The molecule has 0 radical (unpaired) electrons. The van der Waals surface area contributed by atoms with Crippen LogP contribution in [0.15, 0.2) is 67.3 Å². The Bertz CT molecular complexity index is 802. The summed E-state index contributed by atoms with van der Waals surface area (Å²) in [6.07, 6.45) is 2.42. The van der Waals surface area contributed by atoms with Crippen LogP contribution < -0.4 is 5.32 Å². The summed E-state index contributed by atoms with van der Waals surface area (Å²) in [4.78, 5) is 26.7. The van der Waals surface area contributed by atoms with E-state index in [0.29, 0.717) is 25.1 Å². The van der Waals surface area contributed by atoms with Crippen molar-refractivity contribution in [3.8, 4) is 0 Å². The summed E-state index contributed by atoms with van der Waals surface area (Å²) in [5, 5.41) is 11.9. The van der Waals surface area contributed by atoms with Crippen molar-refractivity contribution in [1.82, 2.24) is 4.90 Å². The topological polar surface area (TPSA) is 69.6 Å². The molecule has 0 saturated carbocycles. The van der Waals surface area contributed by atoms with E-state index in [1.54, 1.807) is 4.90 Å². The zero-order valence-electron chi connectivity index (χ0n) is 15.2. The lowest BCUT2D eigenvalue weighted by molar-refractivity contribution is -0.132. The molecule has 27 heavy (non-hydrogen) atoms. The highest BCUT2D eigenvalue weighted by atomic mass is 16.3. The summed E-state index contributed by atoms with van der Waals surface area (Å²) in [6, 6.07) is 16.8. The first kappa shape index (κ1) is 18.9. The van der Waals surface area contributed by atoms with Gasteiger partial charge in [-0.3, -0.25) is 9.59 Å². The van der Waals surface area contributed by atoms with Crippen LogP contribution in [0.4, 0.5) is 5.69 Å². The Hall–Kier alpha value is -2.92. The number of nitrogens with one attached hydrogen (secondary N) is 1. The minimum Gasteiger partial charge on any atom is -0.396 e. The van der Waals surface area contributed by atoms with Crippen molar-refractivity contribution in [2.45, 2.75) is 24.8 Å². The molecule has 0 bridgehead atoms. The minimum atomic E-state index is -0.530. The summed E-state index contributed by atoms with van der Waals surface area (Å²) in [5.74, 6) is -0.303. The van der Waals surface area contributed by atoms with Gasteiger partial charge < -0.3 is 15.3 Å². The van der Waals surface area contributed by atoms with Crippen LogP contribution in [0.3, 0.4) is 0 Å². The maximum absolute atomic E-state index is 12.9. The molecule has 3 rings (SSSR count). The van der Waals surface area contributed by atoms with Gasteiger partial charge in [-0.05, 0) is 42.2 Å². The molecule has 0 spiro atoms. The zero-order valence-corrected chi connectivity index (χ0v) is 15.2. The summed E-state index contributed by atoms with van der Waals surface area (Å²) in [6.45, 7) is 4.16. The molecule has 2 aromatic rings. The van der Waals surface area contributed by atoms with Crippen molar-refractivity contribution in [3.05, 3.63) is 78.4 Å². The van der Waals surface area contributed by atoms with Gasteiger partial charge in [-0.15, -0.1) is 0 Å². The number of nitrogens with zero attached hydrogens (tertiary/aromatic N) is 1. The molecule has 2 N–H and O–H groups in total. The second kappa shape index (κ2) is 8.64. The molecule has 5 nitrogen and oxygen atoms in total. The maximum Gasteiger partial charge on any atom is 0.247 e. The lowest BCUT2D eigenvalue weighted by atomic mass is 9.96. The van der Waals surface area contributed by atoms with Crippen molar-refractivity contribution in [2.24, 2.45) is 0 Å². The number of amides is 2. The lowest BCUT2D eigenvalue weighted by Gasteiger charge is -2.22. The van der Waals surface area contributed by atoms with Gasteiger partial charge in [0, 0.05) is 24.8 Å². The van der Waals surface area contributed by atoms with Crippen LogP contribution in [0.2, 0.25) is 0 Å². The van der Waals surface area contributed by atoms with Crippen LogP contribution in [-0.2, 0) is 16.0 Å². The highest BCUT2D eigenvalue weighted by Crippen LogP contribution is 2.32. The van der Waals surface area contributed by atoms with E-state index in [9.17, 15) is 9.59 Å². The molecule has 0 unspecified atom stereocenters. The average Bonchev–Trinajstić information content (AvgIpc) is 3.15. The van der Waals surface area contributed by atoms with E-state index in [4.69, 9.17) is 5.11 Å². The number of aliphatic hydroxyl groups excluding tert-OH is 1. The summed E-state index contributed by atoms with van der Waals surface area (Å²) >= 11 is 0. The fraction of sp³-hybridized carbons (Fsp3) is 0.273. The molecule has 1 heterocycles. The average molecular weight is 364 g/mol. The van der Waals surface area contributed by atoms with Gasteiger partial charge in [0.15, 0.2) is 0 Å². The van der Waals surface area contributed by atoms with Gasteiger partial charge in [0.25, 0.3) is 0 Å². The highest BCUT2D eigenvalue weighted by Gasteiger charge is 2.39. The first-order valence-electron chi connectivity index (χ1n) is 9.11. The molecular weight excluding hydrogens is 340 g/mol. The summed E-state index contributed by atoms with van der Waals surface area (Å²) in [7, 11) is 0. The second-order valence-corrected chi connectivity index (χ2v) is 6.71. The number of hydrogen-bond acceptors (Lipinski definition) is 3. The monoisotopic (exact) mass is 364 g/mol. The molecule has 2 amide bonds. The minimum absolute atomic E-state index is 0.0906. The zero-order chi connectivity index (χ0) is 19.2. The Morgan fingerprint density at radius 3 is 2.48 bits per heavy atom. The number of rotatable bonds is 6. The van der Waals surface area contributed by atoms with E-state index in [1.807, 2.05) is 54.6 Å². The number of anilines is 1. The smallest absolute Gasteiger partial charge is 0.247 e. The fourth-order valence-corrected chi connectivity index (χ4v) is 3.52. The van der Waals surface area contributed by atoms with E-state index in [2.05, 4.69) is 11.9 Å². The van der Waals surface area contributed by atoms with E-state index in [1.165, 1.54) is 6.08 Å². The molecule has 1 fully saturated rings. The second-order valence-electron chi connectivity index (χ2n) is 6.71. The quantitative estimate of drug-likeness (QED) is 0.775. The number of carbonyl (C=O) groups excluding carboxylic acids is 2. The molecule has 0 aromatic heterocycles. The number of likely N-dealkylation sites (tertiary alicyclic amines) is 1. The molecule has 2 aromatic carbocycles. The highest BCUT2D eigenvalue weighted by molar-refractivity contribution is 5.99. The number of aliphatic hydroxyl groups is 1. The Kier molecular flexibility index (Phi) is 6.04. The van der Waals surface area contributed by atoms with Gasteiger partial charge in [-0.2, -0.15) is 0 Å². The predicted molar refractivity (Wildman–Crippen MR) is 105 cm³/mol. The molecule has 0 aliphatic carbocycles. The van der Waals surface area contributed by atoms with Crippen molar-refractivity contribution < 1.29 is 14.7 Å². The van der Waals surface area contributed by atoms with Gasteiger partial charge in [-0.1, -0.05) is 49.0 Å². The van der Waals surface area contributed by atoms with Crippen LogP contribution in [0, 0.1) is 0 Å². The molecular formula is C22H24N2O3. The van der Waals surface area contributed by atoms with Crippen molar-refractivity contribution in [1.29, 1.82) is 0 Å². The van der Waals surface area contributed by atoms with Crippen LogP contribution in [0.5, 0.6) is 0 Å². The maximum atomic E-state index is 12.9. The number of hydrogen-bond donors (Lipinski definition) is 2. The standard InChI is InChI=1S/C22H24N2O3/c1-2-21(26)24-15-18(17-6-4-3-5-7-17)14-20(24)22(27)23-19-10-8-16(9-11-19)12-13-25/h2-11,18,20,25H,1,12-15H2,(H,23,27)/t18-,20+/m1/s1. The van der Waals surface area contributed by atoms with Crippen LogP contribution in [-0.4, -0.2) is 41.0 Å². The van der Waals surface area contributed by atoms with Gasteiger partial charge in [0.2, 0.25) is 11.8 Å². The third-order valence-corrected chi connectivity index (χ3v) is 4.95. The third kappa shape index (κ3) is 4.44. The Morgan fingerprint density at radius 2 is 1.85 bits per heavy atom. The largest absolute Gasteiger partial charge is 0.396 e. The van der Waals surface area contributed by atoms with Gasteiger partial charge >= 0.3 is 0 Å². The molecule has 5 heteroatoms. The molecule has 2 atom stereocenters. The van der Waals surface area contributed by atoms with Gasteiger partial charge in [0.1, 0.15) is 6.04 Å². The van der Waals surface area contributed by atoms with E-state index < -0.39 is 6.04 Å². The number of benzene rings is 2. The Labute approximate surface area is 159 Å². The van der Waals surface area contributed by atoms with Crippen LogP contribution in [0.25, 0.3) is 0 Å². The normalized spacial score (nSPS) is 18.9. The Balaban J connectivity index is 1.74. The predicted octanol–water partition coefficient (Wildman–Crippen LogP) is 2.73. The molecule has 140 valence electrons.